The van der Waals surface area contributed by atoms with E-state index in [2.05, 4.69) is 4.98 Å². The Kier molecular flexibility index (Phi) is 5.55. The highest BCUT2D eigenvalue weighted by molar-refractivity contribution is 7.90. The van der Waals surface area contributed by atoms with Crippen molar-refractivity contribution in [2.24, 2.45) is 5.14 Å². The van der Waals surface area contributed by atoms with Crippen LogP contribution in [-0.4, -0.2) is 19.2 Å². The number of ketones is 1. The van der Waals surface area contributed by atoms with Gasteiger partial charge in [-0.3, -0.25) is 9.52 Å². The summed E-state index contributed by atoms with van der Waals surface area (Å²) < 4.78 is 38.6. The molecule has 28 heavy (non-hydrogen) atoms. The maximum Gasteiger partial charge on any atom is 0.296 e. The number of carbonyl (C=O) groups is 1. The molecule has 0 saturated carbocycles. The molecule has 0 aliphatic carbocycles. The van der Waals surface area contributed by atoms with Crippen LogP contribution in [0.2, 0.25) is 5.02 Å². The summed E-state index contributed by atoms with van der Waals surface area (Å²) in [6, 6.07) is 14.0. The first-order chi connectivity index (χ1) is 13.2. The molecule has 0 amide bonds. The number of aromatic nitrogens is 1. The van der Waals surface area contributed by atoms with E-state index in [1.807, 2.05) is 4.72 Å². The fourth-order valence-corrected chi connectivity index (χ4v) is 3.54. The fraction of sp³-hybridized carbons (Fsp3) is 0.105. The van der Waals surface area contributed by atoms with Crippen molar-refractivity contribution < 1.29 is 17.6 Å². The summed E-state index contributed by atoms with van der Waals surface area (Å²) in [4.78, 5) is 15.6. The van der Waals surface area contributed by atoms with E-state index in [0.29, 0.717) is 27.5 Å². The zero-order chi connectivity index (χ0) is 20.5. The number of benzene rings is 2. The predicted molar refractivity (Wildman–Crippen MR) is 106 cm³/mol. The number of aromatic amines is 1. The molecule has 3 aromatic rings. The first-order valence-electron chi connectivity index (χ1n) is 8.24. The summed E-state index contributed by atoms with van der Waals surface area (Å²) in [5, 5.41) is 5.24. The van der Waals surface area contributed by atoms with Gasteiger partial charge in [-0.25, -0.2) is 9.53 Å². The highest BCUT2D eigenvalue weighted by atomic mass is 35.5. The van der Waals surface area contributed by atoms with Gasteiger partial charge in [-0.15, -0.1) is 0 Å². The second kappa shape index (κ2) is 7.75. The minimum absolute atomic E-state index is 0.0250. The molecule has 0 aliphatic heterocycles. The zero-order valence-electron chi connectivity index (χ0n) is 14.7. The van der Waals surface area contributed by atoms with Crippen LogP contribution in [0, 0.1) is 5.82 Å². The SMILES string of the molecule is CC(c1ccc(C(=O)c2ccccc2Cl)[nH]1)c1ccc(NS(N)(=O)=O)cc1F. The number of carbonyl (C=O) groups excluding carboxylic acids is 1. The number of H-pyrrole nitrogens is 1. The molecule has 1 atom stereocenters. The normalized spacial score (nSPS) is 12.6. The number of rotatable bonds is 6. The molecule has 1 aromatic heterocycles. The Morgan fingerprint density at radius 1 is 1.18 bits per heavy atom. The summed E-state index contributed by atoms with van der Waals surface area (Å²) in [5.41, 5.74) is 1.69. The van der Waals surface area contributed by atoms with Gasteiger partial charge in [0.2, 0.25) is 5.78 Å². The van der Waals surface area contributed by atoms with E-state index in [-0.39, 0.29) is 11.5 Å². The Morgan fingerprint density at radius 2 is 1.89 bits per heavy atom. The number of anilines is 1. The van der Waals surface area contributed by atoms with Gasteiger partial charge in [0, 0.05) is 17.2 Å². The average Bonchev–Trinajstić information content (AvgIpc) is 3.10. The number of nitrogens with one attached hydrogen (secondary N) is 2. The first kappa shape index (κ1) is 20.1. The molecule has 0 radical (unpaired) electrons. The second-order valence-electron chi connectivity index (χ2n) is 6.24. The molecule has 0 fully saturated rings. The maximum atomic E-state index is 14.5. The van der Waals surface area contributed by atoms with Gasteiger partial charge in [0.25, 0.3) is 10.2 Å². The third-order valence-electron chi connectivity index (χ3n) is 4.27. The minimum Gasteiger partial charge on any atom is -0.355 e. The standard InChI is InChI=1S/C19H17ClFN3O3S/c1-11(13-7-6-12(10-16(13)21)24-28(22,26)27)17-8-9-18(23-17)19(25)14-4-2-3-5-15(14)20/h2-11,23-24H,1H3,(H2,22,26,27). The molecule has 146 valence electrons. The highest BCUT2D eigenvalue weighted by Gasteiger charge is 2.19. The minimum atomic E-state index is -3.99. The molecule has 0 saturated heterocycles. The van der Waals surface area contributed by atoms with Gasteiger partial charge in [-0.1, -0.05) is 36.7 Å². The monoisotopic (exact) mass is 421 g/mol. The van der Waals surface area contributed by atoms with Gasteiger partial charge in [-0.2, -0.15) is 8.42 Å². The summed E-state index contributed by atoms with van der Waals surface area (Å²) in [5.74, 6) is -1.27. The molecule has 4 N–H and O–H groups in total. The molecule has 3 rings (SSSR count). The van der Waals surface area contributed by atoms with Crippen molar-refractivity contribution in [3.8, 4) is 0 Å². The van der Waals surface area contributed by atoms with Crippen molar-refractivity contribution in [3.63, 3.8) is 0 Å². The maximum absolute atomic E-state index is 14.5. The van der Waals surface area contributed by atoms with E-state index < -0.39 is 21.9 Å². The smallest absolute Gasteiger partial charge is 0.296 e. The first-order valence-corrected chi connectivity index (χ1v) is 10.2. The molecular formula is C19H17ClFN3O3S. The molecule has 2 aromatic carbocycles. The van der Waals surface area contributed by atoms with Gasteiger partial charge >= 0.3 is 0 Å². The van der Waals surface area contributed by atoms with Crippen LogP contribution < -0.4 is 9.86 Å². The van der Waals surface area contributed by atoms with Crippen LogP contribution in [0.3, 0.4) is 0 Å². The highest BCUT2D eigenvalue weighted by Crippen LogP contribution is 2.28. The van der Waals surface area contributed by atoms with Crippen LogP contribution in [0.4, 0.5) is 10.1 Å². The molecule has 0 bridgehead atoms. The molecule has 0 aliphatic rings. The van der Waals surface area contributed by atoms with Crippen molar-refractivity contribution in [2.75, 3.05) is 4.72 Å². The summed E-state index contributed by atoms with van der Waals surface area (Å²) in [6.07, 6.45) is 0. The lowest BCUT2D eigenvalue weighted by molar-refractivity contribution is 0.103. The lowest BCUT2D eigenvalue weighted by Gasteiger charge is -2.13. The Hall–Kier alpha value is -2.68. The molecule has 1 heterocycles. The van der Waals surface area contributed by atoms with E-state index in [1.54, 1.807) is 43.3 Å². The van der Waals surface area contributed by atoms with Crippen LogP contribution in [0.15, 0.2) is 54.6 Å². The fourth-order valence-electron chi connectivity index (χ4n) is 2.86. The summed E-state index contributed by atoms with van der Waals surface area (Å²) >= 11 is 6.07. The van der Waals surface area contributed by atoms with Crippen LogP contribution in [-0.2, 0) is 10.2 Å². The van der Waals surface area contributed by atoms with Gasteiger partial charge < -0.3 is 4.98 Å². The number of hydrogen-bond donors (Lipinski definition) is 3. The van der Waals surface area contributed by atoms with E-state index in [4.69, 9.17) is 16.7 Å². The van der Waals surface area contributed by atoms with Gasteiger partial charge in [-0.05, 0) is 42.0 Å². The molecule has 6 nitrogen and oxygen atoms in total. The van der Waals surface area contributed by atoms with E-state index in [1.165, 1.54) is 12.1 Å². The Balaban J connectivity index is 1.85. The van der Waals surface area contributed by atoms with Crippen molar-refractivity contribution in [1.29, 1.82) is 0 Å². The molecule has 1 unspecified atom stereocenters. The number of hydrogen-bond acceptors (Lipinski definition) is 3. The van der Waals surface area contributed by atoms with E-state index >= 15 is 0 Å². The summed E-state index contributed by atoms with van der Waals surface area (Å²) in [7, 11) is -3.99. The largest absolute Gasteiger partial charge is 0.355 e. The lowest BCUT2D eigenvalue weighted by atomic mass is 9.97. The van der Waals surface area contributed by atoms with E-state index in [9.17, 15) is 17.6 Å². The van der Waals surface area contributed by atoms with Gasteiger partial charge in [0.1, 0.15) is 5.82 Å². The molecule has 0 spiro atoms. The second-order valence-corrected chi connectivity index (χ2v) is 7.94. The lowest BCUT2D eigenvalue weighted by Crippen LogP contribution is -2.21. The average molecular weight is 422 g/mol. The van der Waals surface area contributed by atoms with Gasteiger partial charge in [0.05, 0.1) is 16.4 Å². The predicted octanol–water partition coefficient (Wildman–Crippen LogP) is 3.81. The zero-order valence-corrected chi connectivity index (χ0v) is 16.3. The van der Waals surface area contributed by atoms with Crippen LogP contribution in [0.5, 0.6) is 0 Å². The van der Waals surface area contributed by atoms with Crippen LogP contribution in [0.25, 0.3) is 0 Å². The number of nitrogens with two attached hydrogens (primary N) is 1. The van der Waals surface area contributed by atoms with Crippen LogP contribution in [0.1, 0.15) is 40.2 Å². The third-order valence-corrected chi connectivity index (χ3v) is 5.12. The molecule has 9 heteroatoms. The Morgan fingerprint density at radius 3 is 2.54 bits per heavy atom. The van der Waals surface area contributed by atoms with Crippen molar-refractivity contribution in [1.82, 2.24) is 4.98 Å². The third kappa shape index (κ3) is 4.41. The quantitative estimate of drug-likeness (QED) is 0.527. The summed E-state index contributed by atoms with van der Waals surface area (Å²) in [6.45, 7) is 1.76. The van der Waals surface area contributed by atoms with Crippen LogP contribution >= 0.6 is 11.6 Å². The topological polar surface area (TPSA) is 105 Å². The van der Waals surface area contributed by atoms with E-state index in [0.717, 1.165) is 6.07 Å². The number of halogens is 2. The Labute approximate surface area is 166 Å². The van der Waals surface area contributed by atoms with Crippen molar-refractivity contribution in [2.45, 2.75) is 12.8 Å². The van der Waals surface area contributed by atoms with Gasteiger partial charge in [0.15, 0.2) is 0 Å². The van der Waals surface area contributed by atoms with Crippen molar-refractivity contribution >= 4 is 33.3 Å². The van der Waals surface area contributed by atoms with Crippen molar-refractivity contribution in [3.05, 3.63) is 88.0 Å². The Bertz CT molecular complexity index is 1140. The molecular weight excluding hydrogens is 405 g/mol.